The summed E-state index contributed by atoms with van der Waals surface area (Å²) in [5.74, 6) is -0.136. The summed E-state index contributed by atoms with van der Waals surface area (Å²) >= 11 is 16.6. The molecule has 2 aliphatic heterocycles. The van der Waals surface area contributed by atoms with Crippen LogP contribution in [0.4, 0.5) is 0 Å². The van der Waals surface area contributed by atoms with Crippen molar-refractivity contribution in [1.29, 1.82) is 0 Å². The fourth-order valence-electron chi connectivity index (χ4n) is 6.41. The van der Waals surface area contributed by atoms with Crippen LogP contribution in [0.3, 0.4) is 0 Å². The maximum atomic E-state index is 11.8. The Morgan fingerprint density at radius 2 is 1.33 bits per heavy atom. The number of nitrogens with zero attached hydrogens (tertiary/aromatic N) is 2. The molecule has 2 aromatic carbocycles. The van der Waals surface area contributed by atoms with E-state index in [0.717, 1.165) is 73.9 Å². The minimum atomic E-state index is -0.136. The number of halogens is 2. The van der Waals surface area contributed by atoms with E-state index in [-0.39, 0.29) is 63.7 Å². The van der Waals surface area contributed by atoms with Gasteiger partial charge in [-0.2, -0.15) is 0 Å². The molecule has 256 valence electrons. The van der Waals surface area contributed by atoms with Gasteiger partial charge in [0, 0.05) is 71.1 Å². The van der Waals surface area contributed by atoms with Crippen molar-refractivity contribution >= 4 is 69.2 Å². The number of ether oxygens (including phenoxy) is 1. The van der Waals surface area contributed by atoms with Crippen molar-refractivity contribution in [2.24, 2.45) is 0 Å². The van der Waals surface area contributed by atoms with Gasteiger partial charge in [0.15, 0.2) is 17.4 Å². The molecule has 2 aromatic heterocycles. The first-order chi connectivity index (χ1) is 22.0. The first-order valence-corrected chi connectivity index (χ1v) is 18.3. The van der Waals surface area contributed by atoms with E-state index in [9.17, 15) is 9.90 Å². The van der Waals surface area contributed by atoms with Crippen molar-refractivity contribution in [3.8, 4) is 0 Å². The van der Waals surface area contributed by atoms with Crippen molar-refractivity contribution in [3.05, 3.63) is 113 Å². The average molecular weight is 740 g/mol. The van der Waals surface area contributed by atoms with E-state index in [4.69, 9.17) is 27.9 Å². The molecule has 0 amide bonds. The first-order valence-electron chi connectivity index (χ1n) is 15.8. The van der Waals surface area contributed by atoms with Crippen LogP contribution in [0.15, 0.2) is 71.4 Å². The normalized spacial score (nSPS) is 15.2. The number of carbonyl (C=O) groups is 1. The number of thiophene rings is 2. The Kier molecular flexibility index (Phi) is 19.7. The Balaban J connectivity index is 0.000000456. The summed E-state index contributed by atoms with van der Waals surface area (Å²) in [6.07, 6.45) is 5.07. The first kappa shape index (κ1) is 43.1. The zero-order valence-corrected chi connectivity index (χ0v) is 29.9. The van der Waals surface area contributed by atoms with Crippen LogP contribution >= 0.6 is 45.9 Å². The van der Waals surface area contributed by atoms with Gasteiger partial charge in [-0.1, -0.05) is 67.0 Å². The second-order valence-electron chi connectivity index (χ2n) is 11.5. The molecule has 0 bridgehead atoms. The van der Waals surface area contributed by atoms with E-state index < -0.39 is 0 Å². The third-order valence-electron chi connectivity index (χ3n) is 8.65. The fourth-order valence-corrected chi connectivity index (χ4v) is 8.71. The molecule has 4 aromatic rings. The Morgan fingerprint density at radius 3 is 1.79 bits per heavy atom. The molecular weight excluding hydrogens is 689 g/mol. The molecule has 4 heterocycles. The average Bonchev–Trinajstić information content (AvgIpc) is 3.73. The van der Waals surface area contributed by atoms with E-state index in [1.807, 2.05) is 66.0 Å². The Hall–Kier alpha value is -1.10. The van der Waals surface area contributed by atoms with Crippen LogP contribution in [-0.4, -0.2) is 64.5 Å². The van der Waals surface area contributed by atoms with Crippen LogP contribution < -0.4 is 18.9 Å². The zero-order chi connectivity index (χ0) is 31.6. The van der Waals surface area contributed by atoms with Gasteiger partial charge in [0.2, 0.25) is 0 Å². The van der Waals surface area contributed by atoms with Crippen LogP contribution in [0.2, 0.25) is 10.0 Å². The van der Waals surface area contributed by atoms with Crippen molar-refractivity contribution in [3.63, 3.8) is 0 Å². The summed E-state index contributed by atoms with van der Waals surface area (Å²) in [6.45, 7) is 6.46. The minimum absolute atomic E-state index is 0. The molecule has 2 atom stereocenters. The quantitative estimate of drug-likeness (QED) is 0.159. The third-order valence-corrected chi connectivity index (χ3v) is 11.4. The SMILES string of the molecule is C.CCOC(=O)CCC(c1ccccc1Cl)N1CCc2sccc2C1.OCCCC(c1ccccc1Cl)N1CCc2sccc2C1.[AlH3].[H-].[Li+]. The van der Waals surface area contributed by atoms with Gasteiger partial charge >= 0.3 is 24.8 Å². The van der Waals surface area contributed by atoms with Gasteiger partial charge in [0.25, 0.3) is 0 Å². The predicted octanol–water partition coefficient (Wildman–Crippen LogP) is 5.69. The summed E-state index contributed by atoms with van der Waals surface area (Å²) in [6, 6.07) is 20.9. The van der Waals surface area contributed by atoms with Crippen molar-refractivity contribution < 1.29 is 34.9 Å². The number of hydrogen-bond donors (Lipinski definition) is 1. The second-order valence-corrected chi connectivity index (χ2v) is 14.3. The van der Waals surface area contributed by atoms with Crippen LogP contribution in [0, 0.1) is 0 Å². The van der Waals surface area contributed by atoms with Crippen LogP contribution in [-0.2, 0) is 35.5 Å². The molecule has 0 aliphatic carbocycles. The molecular formula is C37H50AlCl2LiN2O3S2. The molecule has 0 spiro atoms. The van der Waals surface area contributed by atoms with Gasteiger partial charge in [-0.05, 0) is 96.3 Å². The fraction of sp³-hybridized carbons (Fsp3) is 0.432. The monoisotopic (exact) mass is 738 g/mol. The van der Waals surface area contributed by atoms with E-state index in [1.54, 1.807) is 0 Å². The van der Waals surface area contributed by atoms with Gasteiger partial charge in [-0.15, -0.1) is 22.7 Å². The standard InChI is InChI=1S/C19H22ClNO2S.C17H20ClNOS.CH4.Al.Li.4H/c1-2-23-19(22)8-7-17(15-5-3-4-6-16(15)20)21-11-9-18-14(13-21)10-12-24-18;18-15-5-2-1-4-14(15)16(6-3-10-20)19-9-7-17-13(12-19)8-11-21-17;;;;;;;/h3-6,10,12,17H,2,7-9,11,13H2,1H3;1-2,4-5,8,11,16,20H,3,6-7,9-10,12H2;1H4;;;;;;/q;;;;+1;;;;-1. The van der Waals surface area contributed by atoms with E-state index >= 15 is 0 Å². The summed E-state index contributed by atoms with van der Waals surface area (Å²) in [4.78, 5) is 19.8. The van der Waals surface area contributed by atoms with E-state index in [0.29, 0.717) is 19.1 Å². The Labute approximate surface area is 329 Å². The number of aliphatic hydroxyl groups excluding tert-OH is 1. The maximum absolute atomic E-state index is 11.8. The number of hydrogen-bond acceptors (Lipinski definition) is 7. The molecule has 6 rings (SSSR count). The Morgan fingerprint density at radius 1 is 0.854 bits per heavy atom. The third kappa shape index (κ3) is 11.5. The van der Waals surface area contributed by atoms with Crippen molar-refractivity contribution in [2.45, 2.75) is 78.0 Å². The maximum Gasteiger partial charge on any atom is 1.00 e. The molecule has 11 heteroatoms. The van der Waals surface area contributed by atoms with Gasteiger partial charge in [0.05, 0.1) is 6.61 Å². The summed E-state index contributed by atoms with van der Waals surface area (Å²) in [5.41, 5.74) is 5.14. The molecule has 2 aliphatic rings. The topological polar surface area (TPSA) is 53.0 Å². The number of fused-ring (bicyclic) bond motifs is 2. The van der Waals surface area contributed by atoms with Gasteiger partial charge < -0.3 is 11.3 Å². The van der Waals surface area contributed by atoms with Crippen LogP contribution in [0.25, 0.3) is 0 Å². The zero-order valence-electron chi connectivity index (χ0n) is 27.8. The van der Waals surface area contributed by atoms with E-state index in [2.05, 4.69) is 44.8 Å². The summed E-state index contributed by atoms with van der Waals surface area (Å²) < 4.78 is 5.10. The van der Waals surface area contributed by atoms with Gasteiger partial charge in [0.1, 0.15) is 0 Å². The van der Waals surface area contributed by atoms with Gasteiger partial charge in [-0.3, -0.25) is 14.6 Å². The molecule has 1 N–H and O–H groups in total. The molecule has 0 saturated heterocycles. The molecule has 0 fully saturated rings. The van der Waals surface area contributed by atoms with E-state index in [1.165, 1.54) is 26.4 Å². The van der Waals surface area contributed by atoms with Crippen molar-refractivity contribution in [1.82, 2.24) is 9.80 Å². The largest absolute Gasteiger partial charge is 1.00 e. The van der Waals surface area contributed by atoms with Crippen molar-refractivity contribution in [2.75, 3.05) is 26.3 Å². The van der Waals surface area contributed by atoms with Gasteiger partial charge in [-0.25, -0.2) is 0 Å². The van der Waals surface area contributed by atoms with Crippen LogP contribution in [0.5, 0.6) is 0 Å². The minimum Gasteiger partial charge on any atom is -1.00 e. The number of rotatable bonds is 11. The summed E-state index contributed by atoms with van der Waals surface area (Å²) in [7, 11) is 0. The molecule has 5 nitrogen and oxygen atoms in total. The number of aliphatic hydroxyl groups is 1. The molecule has 2 unspecified atom stereocenters. The van der Waals surface area contributed by atoms with Crippen LogP contribution in [0.1, 0.15) is 85.6 Å². The summed E-state index contributed by atoms with van der Waals surface area (Å²) in [5, 5.41) is 15.2. The number of esters is 1. The molecule has 48 heavy (non-hydrogen) atoms. The number of carbonyl (C=O) groups excluding carboxylic acids is 1. The second kappa shape index (κ2) is 22.0. The molecule has 0 saturated carbocycles. The number of benzene rings is 2. The molecule has 0 radical (unpaired) electrons. The Bertz CT molecular complexity index is 1540. The smallest absolute Gasteiger partial charge is 1.00 e. The predicted molar refractivity (Wildman–Crippen MR) is 205 cm³/mol.